The third-order valence-electron chi connectivity index (χ3n) is 2.87. The average molecular weight is 322 g/mol. The largest absolute Gasteiger partial charge is 0.418 e. The second-order valence-electron chi connectivity index (χ2n) is 5.21. The Labute approximate surface area is 125 Å². The molecule has 0 radical (unpaired) electrons. The summed E-state index contributed by atoms with van der Waals surface area (Å²) in [5, 5.41) is 11.5. The van der Waals surface area contributed by atoms with Gasteiger partial charge in [0.05, 0.1) is 17.4 Å². The number of halogens is 4. The predicted molar refractivity (Wildman–Crippen MR) is 73.9 cm³/mol. The number of anilines is 1. The number of amides is 2. The summed E-state index contributed by atoms with van der Waals surface area (Å²) in [6.07, 6.45) is -5.62. The normalized spacial score (nSPS) is 13.1. The maximum Gasteiger partial charge on any atom is 0.418 e. The van der Waals surface area contributed by atoms with Crippen molar-refractivity contribution < 1.29 is 27.5 Å². The molecule has 0 aromatic heterocycles. The molecule has 8 heteroatoms. The Hall–Kier alpha value is -1.83. The van der Waals surface area contributed by atoms with Crippen molar-refractivity contribution in [3.05, 3.63) is 29.6 Å². The van der Waals surface area contributed by atoms with Crippen molar-refractivity contribution >= 4 is 11.7 Å². The molecular formula is C14H18F4N2O2. The molecule has 0 aliphatic carbocycles. The number of benzene rings is 1. The van der Waals surface area contributed by atoms with Crippen LogP contribution in [0.1, 0.15) is 26.3 Å². The molecule has 1 unspecified atom stereocenters. The van der Waals surface area contributed by atoms with E-state index in [2.05, 4.69) is 5.32 Å². The van der Waals surface area contributed by atoms with Crippen molar-refractivity contribution in [3.8, 4) is 0 Å². The number of aliphatic hydroxyl groups is 1. The fourth-order valence-corrected chi connectivity index (χ4v) is 1.86. The molecule has 0 heterocycles. The molecule has 1 aromatic carbocycles. The molecule has 0 bridgehead atoms. The molecule has 0 fully saturated rings. The second kappa shape index (κ2) is 6.95. The zero-order chi connectivity index (χ0) is 17.1. The van der Waals surface area contributed by atoms with E-state index >= 15 is 0 Å². The van der Waals surface area contributed by atoms with E-state index in [0.29, 0.717) is 6.07 Å². The van der Waals surface area contributed by atoms with E-state index < -0.39 is 35.4 Å². The SMILES string of the molecule is CC(O)CN(C(=O)Nc1ccc(F)cc1C(F)(F)F)C(C)C. The molecule has 1 rings (SSSR count). The summed E-state index contributed by atoms with van der Waals surface area (Å²) >= 11 is 0. The van der Waals surface area contributed by atoms with Crippen LogP contribution in [-0.2, 0) is 6.18 Å². The molecule has 124 valence electrons. The Morgan fingerprint density at radius 1 is 1.32 bits per heavy atom. The lowest BCUT2D eigenvalue weighted by Gasteiger charge is -2.28. The third kappa shape index (κ3) is 4.87. The van der Waals surface area contributed by atoms with Crippen LogP contribution in [0.4, 0.5) is 28.0 Å². The minimum Gasteiger partial charge on any atom is -0.392 e. The van der Waals surface area contributed by atoms with Gasteiger partial charge in [0, 0.05) is 12.6 Å². The highest BCUT2D eigenvalue weighted by Crippen LogP contribution is 2.35. The summed E-state index contributed by atoms with van der Waals surface area (Å²) in [7, 11) is 0. The molecule has 0 saturated carbocycles. The number of hydrogen-bond donors (Lipinski definition) is 2. The molecule has 1 atom stereocenters. The van der Waals surface area contributed by atoms with Gasteiger partial charge in [0.15, 0.2) is 0 Å². The minimum absolute atomic E-state index is 0.0357. The van der Waals surface area contributed by atoms with Gasteiger partial charge in [-0.2, -0.15) is 13.2 Å². The number of carbonyl (C=O) groups is 1. The van der Waals surface area contributed by atoms with Crippen LogP contribution in [0.3, 0.4) is 0 Å². The van der Waals surface area contributed by atoms with Gasteiger partial charge in [0.25, 0.3) is 0 Å². The van der Waals surface area contributed by atoms with Gasteiger partial charge in [0.2, 0.25) is 0 Å². The maximum absolute atomic E-state index is 13.0. The van der Waals surface area contributed by atoms with Crippen LogP contribution < -0.4 is 5.32 Å². The van der Waals surface area contributed by atoms with Crippen molar-refractivity contribution in [2.75, 3.05) is 11.9 Å². The number of hydrogen-bond acceptors (Lipinski definition) is 2. The summed E-state index contributed by atoms with van der Waals surface area (Å²) in [6, 6.07) is 0.887. The van der Waals surface area contributed by atoms with Crippen molar-refractivity contribution in [3.63, 3.8) is 0 Å². The lowest BCUT2D eigenvalue weighted by molar-refractivity contribution is -0.137. The van der Waals surface area contributed by atoms with E-state index in [0.717, 1.165) is 12.1 Å². The molecule has 2 N–H and O–H groups in total. The quantitative estimate of drug-likeness (QED) is 0.834. The Morgan fingerprint density at radius 3 is 2.36 bits per heavy atom. The van der Waals surface area contributed by atoms with E-state index in [9.17, 15) is 27.5 Å². The van der Waals surface area contributed by atoms with E-state index in [1.807, 2.05) is 0 Å². The van der Waals surface area contributed by atoms with Crippen molar-refractivity contribution in [1.82, 2.24) is 4.90 Å². The van der Waals surface area contributed by atoms with Crippen molar-refractivity contribution in [2.24, 2.45) is 0 Å². The van der Waals surface area contributed by atoms with Crippen LogP contribution in [0.25, 0.3) is 0 Å². The molecule has 0 spiro atoms. The summed E-state index contributed by atoms with van der Waals surface area (Å²) in [6.45, 7) is 4.75. The van der Waals surface area contributed by atoms with Gasteiger partial charge in [-0.15, -0.1) is 0 Å². The van der Waals surface area contributed by atoms with Gasteiger partial charge in [-0.1, -0.05) is 0 Å². The molecule has 4 nitrogen and oxygen atoms in total. The Balaban J connectivity index is 3.05. The number of nitrogens with one attached hydrogen (secondary N) is 1. The molecule has 1 aromatic rings. The fourth-order valence-electron chi connectivity index (χ4n) is 1.86. The first-order chi connectivity index (χ1) is 10.0. The van der Waals surface area contributed by atoms with E-state index in [1.54, 1.807) is 13.8 Å². The summed E-state index contributed by atoms with van der Waals surface area (Å²) in [4.78, 5) is 13.3. The molecule has 2 amide bonds. The van der Waals surface area contributed by atoms with Gasteiger partial charge in [-0.05, 0) is 39.0 Å². The van der Waals surface area contributed by atoms with Crippen LogP contribution in [0.2, 0.25) is 0 Å². The lowest BCUT2D eigenvalue weighted by Crippen LogP contribution is -2.44. The number of carbonyl (C=O) groups excluding carboxylic acids is 1. The second-order valence-corrected chi connectivity index (χ2v) is 5.21. The fraction of sp³-hybridized carbons (Fsp3) is 0.500. The van der Waals surface area contributed by atoms with Crippen LogP contribution in [0.15, 0.2) is 18.2 Å². The molecular weight excluding hydrogens is 304 g/mol. The molecule has 0 saturated heterocycles. The van der Waals surface area contributed by atoms with Crippen LogP contribution in [-0.4, -0.2) is 34.7 Å². The number of nitrogens with zero attached hydrogens (tertiary/aromatic N) is 1. The Kier molecular flexibility index (Phi) is 5.76. The summed E-state index contributed by atoms with van der Waals surface area (Å²) < 4.78 is 51.6. The Morgan fingerprint density at radius 2 is 1.91 bits per heavy atom. The van der Waals surface area contributed by atoms with Gasteiger partial charge in [0.1, 0.15) is 5.82 Å². The first kappa shape index (κ1) is 18.2. The number of urea groups is 1. The van der Waals surface area contributed by atoms with Gasteiger partial charge >= 0.3 is 12.2 Å². The molecule has 22 heavy (non-hydrogen) atoms. The first-order valence-electron chi connectivity index (χ1n) is 6.64. The standard InChI is InChI=1S/C14H18F4N2O2/c1-8(2)20(7-9(3)21)13(22)19-12-5-4-10(15)6-11(12)14(16,17)18/h4-6,8-9,21H,7H2,1-3H3,(H,19,22). The smallest absolute Gasteiger partial charge is 0.392 e. The zero-order valence-corrected chi connectivity index (χ0v) is 12.4. The van der Waals surface area contributed by atoms with Gasteiger partial charge in [-0.25, -0.2) is 9.18 Å². The van der Waals surface area contributed by atoms with E-state index in [4.69, 9.17) is 0 Å². The number of rotatable bonds is 4. The summed E-state index contributed by atoms with van der Waals surface area (Å²) in [5.74, 6) is -1.05. The lowest BCUT2D eigenvalue weighted by atomic mass is 10.1. The van der Waals surface area contributed by atoms with Gasteiger partial charge in [-0.3, -0.25) is 0 Å². The van der Waals surface area contributed by atoms with Crippen LogP contribution >= 0.6 is 0 Å². The van der Waals surface area contributed by atoms with Crippen molar-refractivity contribution in [2.45, 2.75) is 39.1 Å². The highest BCUT2D eigenvalue weighted by molar-refractivity contribution is 5.90. The Bertz CT molecular complexity index is 530. The van der Waals surface area contributed by atoms with Crippen LogP contribution in [0.5, 0.6) is 0 Å². The molecule has 0 aliphatic heterocycles. The topological polar surface area (TPSA) is 52.6 Å². The van der Waals surface area contributed by atoms with E-state index in [1.165, 1.54) is 11.8 Å². The van der Waals surface area contributed by atoms with Crippen LogP contribution in [0, 0.1) is 5.82 Å². The minimum atomic E-state index is -4.79. The predicted octanol–water partition coefficient (Wildman–Crippen LogP) is 3.47. The highest BCUT2D eigenvalue weighted by Gasteiger charge is 2.35. The summed E-state index contributed by atoms with van der Waals surface area (Å²) in [5.41, 5.74) is -1.79. The van der Waals surface area contributed by atoms with E-state index in [-0.39, 0.29) is 12.6 Å². The first-order valence-corrected chi connectivity index (χ1v) is 6.64. The highest BCUT2D eigenvalue weighted by atomic mass is 19.4. The monoisotopic (exact) mass is 322 g/mol. The molecule has 0 aliphatic rings. The average Bonchev–Trinajstić information content (AvgIpc) is 2.36. The third-order valence-corrected chi connectivity index (χ3v) is 2.87. The van der Waals surface area contributed by atoms with Crippen molar-refractivity contribution in [1.29, 1.82) is 0 Å². The maximum atomic E-state index is 13.0. The van der Waals surface area contributed by atoms with Gasteiger partial charge < -0.3 is 15.3 Å². The number of alkyl halides is 3. The zero-order valence-electron chi connectivity index (χ0n) is 12.4. The number of aliphatic hydroxyl groups excluding tert-OH is 1.